The standard InChI is InChI=1S/C12H25N3O/c1-5-7-14-12(13-6-2)15-8-9-16-10-11(3)4/h5,11H,1,6-10H2,2-4H3,(H2,13,14,15). The van der Waals surface area contributed by atoms with E-state index in [1.54, 1.807) is 0 Å². The molecule has 0 aliphatic heterocycles. The monoisotopic (exact) mass is 227 g/mol. The number of nitrogens with one attached hydrogen (secondary N) is 2. The second-order valence-corrected chi connectivity index (χ2v) is 3.90. The van der Waals surface area contributed by atoms with Crippen LogP contribution in [-0.4, -0.2) is 38.8 Å². The Kier molecular flexibility index (Phi) is 9.81. The first-order valence-electron chi connectivity index (χ1n) is 5.91. The predicted molar refractivity (Wildman–Crippen MR) is 69.8 cm³/mol. The average Bonchev–Trinajstić information content (AvgIpc) is 2.24. The van der Waals surface area contributed by atoms with Crippen molar-refractivity contribution in [2.24, 2.45) is 10.9 Å². The number of hydrogen-bond donors (Lipinski definition) is 2. The second-order valence-electron chi connectivity index (χ2n) is 3.90. The summed E-state index contributed by atoms with van der Waals surface area (Å²) in [4.78, 5) is 4.37. The van der Waals surface area contributed by atoms with E-state index in [-0.39, 0.29) is 0 Å². The summed E-state index contributed by atoms with van der Waals surface area (Å²) in [5, 5.41) is 6.29. The van der Waals surface area contributed by atoms with Crippen molar-refractivity contribution in [3.63, 3.8) is 0 Å². The highest BCUT2D eigenvalue weighted by atomic mass is 16.5. The summed E-state index contributed by atoms with van der Waals surface area (Å²) in [5.41, 5.74) is 0. The molecule has 2 N–H and O–H groups in total. The first-order valence-corrected chi connectivity index (χ1v) is 5.91. The zero-order chi connectivity index (χ0) is 12.2. The van der Waals surface area contributed by atoms with E-state index in [1.165, 1.54) is 0 Å². The fourth-order valence-corrected chi connectivity index (χ4v) is 1.05. The van der Waals surface area contributed by atoms with E-state index in [9.17, 15) is 0 Å². The highest BCUT2D eigenvalue weighted by molar-refractivity contribution is 5.79. The van der Waals surface area contributed by atoms with Gasteiger partial charge in [0.15, 0.2) is 5.96 Å². The summed E-state index contributed by atoms with van der Waals surface area (Å²) < 4.78 is 5.45. The van der Waals surface area contributed by atoms with Gasteiger partial charge in [0.1, 0.15) is 0 Å². The van der Waals surface area contributed by atoms with Crippen LogP contribution in [0.2, 0.25) is 0 Å². The molecule has 0 unspecified atom stereocenters. The lowest BCUT2D eigenvalue weighted by molar-refractivity contribution is 0.117. The van der Waals surface area contributed by atoms with E-state index >= 15 is 0 Å². The van der Waals surface area contributed by atoms with Crippen LogP contribution in [0.4, 0.5) is 0 Å². The Bertz CT molecular complexity index is 202. The molecule has 94 valence electrons. The topological polar surface area (TPSA) is 45.7 Å². The Morgan fingerprint density at radius 2 is 2.19 bits per heavy atom. The molecule has 0 spiro atoms. The largest absolute Gasteiger partial charge is 0.379 e. The molecule has 0 bridgehead atoms. The van der Waals surface area contributed by atoms with Crippen molar-refractivity contribution in [1.82, 2.24) is 10.6 Å². The molecule has 0 aliphatic rings. The third-order valence-electron chi connectivity index (χ3n) is 1.71. The van der Waals surface area contributed by atoms with Crippen LogP contribution in [0.3, 0.4) is 0 Å². The number of rotatable bonds is 8. The van der Waals surface area contributed by atoms with Crippen molar-refractivity contribution in [3.05, 3.63) is 12.7 Å². The number of aliphatic imine (C=N–C) groups is 1. The second kappa shape index (κ2) is 10.5. The van der Waals surface area contributed by atoms with Crippen molar-refractivity contribution in [2.75, 3.05) is 32.8 Å². The van der Waals surface area contributed by atoms with Crippen LogP contribution < -0.4 is 10.6 Å². The molecular formula is C12H25N3O. The fourth-order valence-electron chi connectivity index (χ4n) is 1.05. The zero-order valence-electron chi connectivity index (χ0n) is 10.8. The van der Waals surface area contributed by atoms with Gasteiger partial charge in [-0.15, -0.1) is 6.58 Å². The van der Waals surface area contributed by atoms with Gasteiger partial charge in [0.05, 0.1) is 13.2 Å². The third kappa shape index (κ3) is 9.52. The Balaban J connectivity index is 3.70. The van der Waals surface area contributed by atoms with Crippen LogP contribution in [0.15, 0.2) is 17.6 Å². The average molecular weight is 227 g/mol. The van der Waals surface area contributed by atoms with Crippen LogP contribution in [0.5, 0.6) is 0 Å². The zero-order valence-corrected chi connectivity index (χ0v) is 10.8. The van der Waals surface area contributed by atoms with Gasteiger partial charge >= 0.3 is 0 Å². The smallest absolute Gasteiger partial charge is 0.191 e. The van der Waals surface area contributed by atoms with E-state index in [4.69, 9.17) is 4.74 Å². The highest BCUT2D eigenvalue weighted by Gasteiger charge is 1.95. The molecule has 0 fully saturated rings. The molecule has 0 radical (unpaired) electrons. The van der Waals surface area contributed by atoms with E-state index in [0.717, 1.165) is 25.7 Å². The van der Waals surface area contributed by atoms with Gasteiger partial charge in [0.25, 0.3) is 0 Å². The maximum Gasteiger partial charge on any atom is 0.191 e. The summed E-state index contributed by atoms with van der Waals surface area (Å²) in [6.07, 6.45) is 1.81. The van der Waals surface area contributed by atoms with Crippen molar-refractivity contribution in [1.29, 1.82) is 0 Å². The lowest BCUT2D eigenvalue weighted by Gasteiger charge is -2.09. The molecule has 0 rings (SSSR count). The molecule has 0 saturated carbocycles. The van der Waals surface area contributed by atoms with Gasteiger partial charge in [0, 0.05) is 19.7 Å². The first kappa shape index (κ1) is 15.0. The fraction of sp³-hybridized carbons (Fsp3) is 0.750. The maximum atomic E-state index is 5.45. The van der Waals surface area contributed by atoms with Crippen LogP contribution >= 0.6 is 0 Å². The molecule has 16 heavy (non-hydrogen) atoms. The summed E-state index contributed by atoms with van der Waals surface area (Å²) in [6.45, 7) is 13.7. The number of guanidine groups is 1. The Morgan fingerprint density at radius 3 is 2.75 bits per heavy atom. The first-order chi connectivity index (χ1) is 7.70. The molecule has 0 saturated heterocycles. The van der Waals surface area contributed by atoms with E-state index in [2.05, 4.69) is 36.1 Å². The number of nitrogens with zero attached hydrogens (tertiary/aromatic N) is 1. The van der Waals surface area contributed by atoms with Crippen LogP contribution in [-0.2, 0) is 4.74 Å². The molecule has 0 atom stereocenters. The maximum absolute atomic E-state index is 5.45. The Morgan fingerprint density at radius 1 is 1.44 bits per heavy atom. The van der Waals surface area contributed by atoms with Crippen molar-refractivity contribution < 1.29 is 4.74 Å². The van der Waals surface area contributed by atoms with Crippen LogP contribution in [0.25, 0.3) is 0 Å². The molecule has 0 heterocycles. The van der Waals surface area contributed by atoms with Crippen molar-refractivity contribution >= 4 is 5.96 Å². The van der Waals surface area contributed by atoms with E-state index in [1.807, 2.05) is 13.0 Å². The number of hydrogen-bond acceptors (Lipinski definition) is 2. The summed E-state index contributed by atoms with van der Waals surface area (Å²) in [7, 11) is 0. The van der Waals surface area contributed by atoms with Gasteiger partial charge < -0.3 is 15.4 Å². The minimum atomic E-state index is 0.580. The van der Waals surface area contributed by atoms with Gasteiger partial charge in [0.2, 0.25) is 0 Å². The predicted octanol–water partition coefficient (Wildman–Crippen LogP) is 1.40. The minimum absolute atomic E-state index is 0.580. The van der Waals surface area contributed by atoms with E-state index in [0.29, 0.717) is 19.1 Å². The molecule has 0 aliphatic carbocycles. The van der Waals surface area contributed by atoms with Crippen LogP contribution in [0.1, 0.15) is 20.8 Å². The normalized spacial score (nSPS) is 11.6. The van der Waals surface area contributed by atoms with Crippen molar-refractivity contribution in [3.8, 4) is 0 Å². The molecule has 0 aromatic heterocycles. The lowest BCUT2D eigenvalue weighted by atomic mass is 10.2. The molecule has 0 amide bonds. The quantitative estimate of drug-likeness (QED) is 0.285. The van der Waals surface area contributed by atoms with Gasteiger partial charge in [-0.25, -0.2) is 0 Å². The van der Waals surface area contributed by atoms with Crippen molar-refractivity contribution in [2.45, 2.75) is 20.8 Å². The number of ether oxygens (including phenoxy) is 1. The van der Waals surface area contributed by atoms with Gasteiger partial charge in [-0.3, -0.25) is 4.99 Å². The Labute approximate surface area is 99.2 Å². The molecule has 4 heteroatoms. The van der Waals surface area contributed by atoms with Gasteiger partial charge in [-0.1, -0.05) is 19.9 Å². The summed E-state index contributed by atoms with van der Waals surface area (Å²) in [6, 6.07) is 0. The van der Waals surface area contributed by atoms with Gasteiger partial charge in [-0.05, 0) is 12.8 Å². The third-order valence-corrected chi connectivity index (χ3v) is 1.71. The summed E-state index contributed by atoms with van der Waals surface area (Å²) in [5.74, 6) is 1.40. The molecule has 4 nitrogen and oxygen atoms in total. The molecule has 0 aromatic rings. The summed E-state index contributed by atoms with van der Waals surface area (Å²) >= 11 is 0. The molecular weight excluding hydrogens is 202 g/mol. The minimum Gasteiger partial charge on any atom is -0.379 e. The Hall–Kier alpha value is -1.03. The SMILES string of the molecule is C=CCNC(=NCCOCC(C)C)NCC. The van der Waals surface area contributed by atoms with Crippen LogP contribution in [0, 0.1) is 5.92 Å². The highest BCUT2D eigenvalue weighted by Crippen LogP contribution is 1.91. The molecule has 0 aromatic carbocycles. The lowest BCUT2D eigenvalue weighted by Crippen LogP contribution is -2.37. The van der Waals surface area contributed by atoms with Gasteiger partial charge in [-0.2, -0.15) is 0 Å². The van der Waals surface area contributed by atoms with E-state index < -0.39 is 0 Å².